The number of alkyl halides is 3. The maximum Gasteiger partial charge on any atom is 0.416 e. The Morgan fingerprint density at radius 1 is 1.24 bits per heavy atom. The fraction of sp³-hybridized carbons (Fsp3) is 0.583. The minimum atomic E-state index is -4.53. The van der Waals surface area contributed by atoms with Gasteiger partial charge in [-0.1, -0.05) is 6.42 Å². The van der Waals surface area contributed by atoms with E-state index in [9.17, 15) is 28.2 Å². The highest BCUT2D eigenvalue weighted by Crippen LogP contribution is 2.34. The van der Waals surface area contributed by atoms with Crippen LogP contribution < -0.4 is 10.7 Å². The maximum absolute atomic E-state index is 12.9. The van der Waals surface area contributed by atoms with Gasteiger partial charge in [0, 0.05) is 30.6 Å². The van der Waals surface area contributed by atoms with Crippen LogP contribution in [0.3, 0.4) is 0 Å². The number of hydrogen-bond acceptors (Lipinski definition) is 6. The lowest BCUT2D eigenvalue weighted by atomic mass is 9.86. The van der Waals surface area contributed by atoms with Gasteiger partial charge in [-0.15, -0.1) is 0 Å². The molecular weight excluding hydrogens is 449 g/mol. The second kappa shape index (κ2) is 9.95. The number of rotatable bonds is 4. The lowest BCUT2D eigenvalue weighted by molar-refractivity contribution is -0.139. The van der Waals surface area contributed by atoms with Crippen molar-refractivity contribution in [2.75, 3.05) is 13.1 Å². The number of phenolic OH excluding ortho intramolecular Hbond substituents is 1. The Morgan fingerprint density at radius 3 is 2.71 bits per heavy atom. The zero-order chi connectivity index (χ0) is 24.5. The number of phenols is 1. The molecule has 0 radical (unpaired) electrons. The van der Waals surface area contributed by atoms with Crippen LogP contribution >= 0.6 is 0 Å². The highest BCUT2D eigenvalue weighted by atomic mass is 19.4. The number of hydrogen-bond donors (Lipinski definition) is 4. The molecule has 1 aromatic rings. The Bertz CT molecular complexity index is 979. The monoisotopic (exact) mass is 480 g/mol. The van der Waals surface area contributed by atoms with E-state index in [1.807, 2.05) is 11.0 Å². The van der Waals surface area contributed by atoms with Gasteiger partial charge in [-0.2, -0.15) is 18.3 Å². The summed E-state index contributed by atoms with van der Waals surface area (Å²) in [5.41, 5.74) is 3.35. The van der Waals surface area contributed by atoms with Crippen LogP contribution in [-0.2, 0) is 11.0 Å². The Morgan fingerprint density at radius 2 is 2.03 bits per heavy atom. The van der Waals surface area contributed by atoms with Crippen LogP contribution in [0.25, 0.3) is 0 Å². The third-order valence-electron chi connectivity index (χ3n) is 6.83. The summed E-state index contributed by atoms with van der Waals surface area (Å²) in [6, 6.07) is 2.91. The van der Waals surface area contributed by atoms with Gasteiger partial charge < -0.3 is 15.1 Å². The number of allylic oxidation sites excluding steroid dienone is 1. The summed E-state index contributed by atoms with van der Waals surface area (Å²) in [6.07, 6.45) is 1.41. The van der Waals surface area contributed by atoms with E-state index in [1.165, 1.54) is 6.07 Å². The van der Waals surface area contributed by atoms with Crippen LogP contribution in [0.1, 0.15) is 56.6 Å². The normalized spacial score (nSPS) is 28.1. The van der Waals surface area contributed by atoms with E-state index in [2.05, 4.69) is 15.8 Å². The molecule has 186 valence electrons. The molecule has 3 aliphatic rings. The number of nitrogens with one attached hydrogen (secondary N) is 2. The minimum absolute atomic E-state index is 0.0592. The van der Waals surface area contributed by atoms with Crippen LogP contribution in [-0.4, -0.2) is 58.1 Å². The fourth-order valence-corrected chi connectivity index (χ4v) is 5.07. The summed E-state index contributed by atoms with van der Waals surface area (Å²) < 4.78 is 38.7. The first-order valence-corrected chi connectivity index (χ1v) is 11.8. The van der Waals surface area contributed by atoms with E-state index < -0.39 is 23.6 Å². The van der Waals surface area contributed by atoms with Crippen LogP contribution in [0.4, 0.5) is 13.2 Å². The predicted octanol–water partition coefficient (Wildman–Crippen LogP) is 3.12. The molecule has 0 spiro atoms. The number of benzene rings is 1. The van der Waals surface area contributed by atoms with Crippen molar-refractivity contribution in [1.29, 1.82) is 0 Å². The molecule has 4 atom stereocenters. The van der Waals surface area contributed by atoms with E-state index in [-0.39, 0.29) is 29.6 Å². The number of aliphatic hydroxyl groups is 1. The summed E-state index contributed by atoms with van der Waals surface area (Å²) in [5, 5.41) is 27.8. The molecule has 1 aliphatic carbocycles. The zero-order valence-electron chi connectivity index (χ0n) is 19.1. The summed E-state index contributed by atoms with van der Waals surface area (Å²) in [5.74, 6) is -0.475. The Labute approximate surface area is 196 Å². The van der Waals surface area contributed by atoms with Crippen molar-refractivity contribution in [3.05, 3.63) is 41.0 Å². The number of aromatic hydroxyl groups is 1. The van der Waals surface area contributed by atoms with Crippen molar-refractivity contribution in [3.63, 3.8) is 0 Å². The third-order valence-corrected chi connectivity index (χ3v) is 6.83. The van der Waals surface area contributed by atoms with Gasteiger partial charge in [0.25, 0.3) is 0 Å². The Balaban J connectivity index is 1.37. The standard InChI is InChI=1S/C24H31F3N4O3/c1-14-10-21(29-30-22(14)19-8-7-16(12-20(19)33)24(25,26)27)28-17-5-3-9-31(13-17)23(34)15-4-2-6-18(32)11-15/h7-8,10,12,15,17-18,21,28-29,32-33H,2-6,9,11,13H2,1H3. The molecule has 4 unspecified atom stereocenters. The topological polar surface area (TPSA) is 97.2 Å². The first-order chi connectivity index (χ1) is 16.1. The largest absolute Gasteiger partial charge is 0.507 e. The summed E-state index contributed by atoms with van der Waals surface area (Å²) in [6.45, 7) is 3.08. The fourth-order valence-electron chi connectivity index (χ4n) is 5.07. The van der Waals surface area contributed by atoms with Crippen molar-refractivity contribution in [2.24, 2.45) is 11.0 Å². The van der Waals surface area contributed by atoms with Gasteiger partial charge in [-0.25, -0.2) is 0 Å². The first kappa shape index (κ1) is 24.5. The molecular formula is C24H31F3N4O3. The average Bonchev–Trinajstić information content (AvgIpc) is 2.79. The summed E-state index contributed by atoms with van der Waals surface area (Å²) in [7, 11) is 0. The van der Waals surface area contributed by atoms with Crippen LogP contribution in [0.2, 0.25) is 0 Å². The van der Waals surface area contributed by atoms with Crippen LogP contribution in [0.15, 0.2) is 34.9 Å². The molecule has 1 saturated carbocycles. The number of carbonyl (C=O) groups is 1. The second-order valence-electron chi connectivity index (χ2n) is 9.45. The number of nitrogens with zero attached hydrogens (tertiary/aromatic N) is 2. The molecule has 4 N–H and O–H groups in total. The molecule has 2 heterocycles. The molecule has 2 aliphatic heterocycles. The van der Waals surface area contributed by atoms with E-state index in [0.717, 1.165) is 38.2 Å². The molecule has 1 amide bonds. The zero-order valence-corrected chi connectivity index (χ0v) is 19.1. The van der Waals surface area contributed by atoms with Crippen LogP contribution in [0.5, 0.6) is 5.75 Å². The number of halogens is 3. The summed E-state index contributed by atoms with van der Waals surface area (Å²) >= 11 is 0. The Kier molecular flexibility index (Phi) is 7.18. The number of hydrazone groups is 1. The smallest absolute Gasteiger partial charge is 0.416 e. The van der Waals surface area contributed by atoms with E-state index >= 15 is 0 Å². The SMILES string of the molecule is CC1=CC(NC2CCCN(C(=O)C3CCCC(O)C3)C2)NN=C1c1ccc(C(F)(F)F)cc1O. The number of amides is 1. The molecule has 1 saturated heterocycles. The molecule has 4 rings (SSSR count). The molecule has 10 heteroatoms. The van der Waals surface area contributed by atoms with Gasteiger partial charge in [0.2, 0.25) is 5.91 Å². The quantitative estimate of drug-likeness (QED) is 0.531. The van der Waals surface area contributed by atoms with Crippen molar-refractivity contribution < 1.29 is 28.2 Å². The highest BCUT2D eigenvalue weighted by Gasteiger charge is 2.34. The van der Waals surface area contributed by atoms with Crippen molar-refractivity contribution in [2.45, 2.75) is 69.9 Å². The Hall–Kier alpha value is -2.59. The first-order valence-electron chi connectivity index (χ1n) is 11.8. The van der Waals surface area contributed by atoms with Gasteiger partial charge in [0.05, 0.1) is 17.4 Å². The lowest BCUT2D eigenvalue weighted by Crippen LogP contribution is -2.54. The van der Waals surface area contributed by atoms with E-state index in [1.54, 1.807) is 6.92 Å². The second-order valence-corrected chi connectivity index (χ2v) is 9.45. The van der Waals surface area contributed by atoms with Crippen LogP contribution in [0, 0.1) is 5.92 Å². The van der Waals surface area contributed by atoms with Gasteiger partial charge in [-0.05, 0) is 68.9 Å². The maximum atomic E-state index is 12.9. The third kappa shape index (κ3) is 5.55. The lowest BCUT2D eigenvalue weighted by Gasteiger charge is -2.38. The van der Waals surface area contributed by atoms with Gasteiger partial charge in [0.1, 0.15) is 11.9 Å². The number of piperidine rings is 1. The number of aliphatic hydroxyl groups excluding tert-OH is 1. The van der Waals surface area contributed by atoms with Gasteiger partial charge in [0.15, 0.2) is 0 Å². The molecule has 0 aromatic heterocycles. The number of carbonyl (C=O) groups excluding carboxylic acids is 1. The van der Waals surface area contributed by atoms with Crippen molar-refractivity contribution in [3.8, 4) is 5.75 Å². The molecule has 7 nitrogen and oxygen atoms in total. The highest BCUT2D eigenvalue weighted by molar-refractivity contribution is 6.14. The molecule has 0 bridgehead atoms. The summed E-state index contributed by atoms with van der Waals surface area (Å²) in [4.78, 5) is 14.8. The van der Waals surface area contributed by atoms with Gasteiger partial charge >= 0.3 is 6.18 Å². The number of likely N-dealkylation sites (tertiary alicyclic amines) is 1. The van der Waals surface area contributed by atoms with E-state index in [0.29, 0.717) is 36.9 Å². The van der Waals surface area contributed by atoms with Crippen molar-refractivity contribution >= 4 is 11.6 Å². The van der Waals surface area contributed by atoms with Gasteiger partial charge in [-0.3, -0.25) is 15.5 Å². The van der Waals surface area contributed by atoms with Crippen molar-refractivity contribution in [1.82, 2.24) is 15.6 Å². The minimum Gasteiger partial charge on any atom is -0.507 e. The molecule has 2 fully saturated rings. The molecule has 34 heavy (non-hydrogen) atoms. The molecule has 1 aromatic carbocycles. The predicted molar refractivity (Wildman–Crippen MR) is 121 cm³/mol. The van der Waals surface area contributed by atoms with E-state index in [4.69, 9.17) is 0 Å². The average molecular weight is 481 g/mol.